The van der Waals surface area contributed by atoms with Gasteiger partial charge >= 0.3 is 0 Å². The van der Waals surface area contributed by atoms with Gasteiger partial charge in [0.2, 0.25) is 5.90 Å². The Labute approximate surface area is 124 Å². The molecule has 0 radical (unpaired) electrons. The van der Waals surface area contributed by atoms with Gasteiger partial charge in [0.15, 0.2) is 5.41 Å². The van der Waals surface area contributed by atoms with E-state index in [2.05, 4.69) is 11.1 Å². The van der Waals surface area contributed by atoms with Crippen LogP contribution in [0.25, 0.3) is 0 Å². The molecule has 2 aromatic carbocycles. The Kier molecular flexibility index (Phi) is 3.45. The summed E-state index contributed by atoms with van der Waals surface area (Å²) < 4.78 is 5.76. The summed E-state index contributed by atoms with van der Waals surface area (Å²) in [6.45, 7) is 2.35. The molecular formula is C18H16N2O. The van der Waals surface area contributed by atoms with Gasteiger partial charge in [0, 0.05) is 0 Å². The van der Waals surface area contributed by atoms with E-state index in [1.165, 1.54) is 0 Å². The highest BCUT2D eigenvalue weighted by atomic mass is 16.5. The summed E-state index contributed by atoms with van der Waals surface area (Å²) in [6.07, 6.45) is 0. The summed E-state index contributed by atoms with van der Waals surface area (Å²) in [5.74, 6) is 0.505. The maximum absolute atomic E-state index is 9.65. The molecule has 0 N–H and O–H groups in total. The van der Waals surface area contributed by atoms with Crippen LogP contribution < -0.4 is 0 Å². The number of aliphatic imine (C=N–C) groups is 1. The Balaban J connectivity index is 1.95. The molecule has 3 heteroatoms. The topological polar surface area (TPSA) is 45.4 Å². The van der Waals surface area contributed by atoms with Gasteiger partial charge in [0.05, 0.1) is 6.07 Å². The first-order valence-corrected chi connectivity index (χ1v) is 6.97. The summed E-state index contributed by atoms with van der Waals surface area (Å²) >= 11 is 0. The fourth-order valence-corrected chi connectivity index (χ4v) is 2.50. The smallest absolute Gasteiger partial charge is 0.209 e. The van der Waals surface area contributed by atoms with E-state index in [0.29, 0.717) is 12.5 Å². The summed E-state index contributed by atoms with van der Waals surface area (Å²) in [5.41, 5.74) is 1.17. The average molecular weight is 276 g/mol. The maximum Gasteiger partial charge on any atom is 0.209 e. The normalized spacial score (nSPS) is 20.0. The third-order valence-electron chi connectivity index (χ3n) is 3.84. The maximum atomic E-state index is 9.65. The number of benzene rings is 2. The minimum absolute atomic E-state index is 0.0300. The highest BCUT2D eigenvalue weighted by molar-refractivity contribution is 5.92. The first kappa shape index (κ1) is 13.4. The molecule has 0 spiro atoms. The van der Waals surface area contributed by atoms with Crippen LogP contribution in [0.15, 0.2) is 65.7 Å². The van der Waals surface area contributed by atoms with E-state index in [9.17, 15) is 5.26 Å². The third kappa shape index (κ3) is 2.41. The summed E-state index contributed by atoms with van der Waals surface area (Å²) in [7, 11) is 0. The van der Waals surface area contributed by atoms with Gasteiger partial charge in [-0.25, -0.2) is 4.99 Å². The summed E-state index contributed by atoms with van der Waals surface area (Å²) in [5, 5.41) is 9.65. The minimum atomic E-state index is -0.842. The van der Waals surface area contributed by atoms with Crippen molar-refractivity contribution in [3.05, 3.63) is 71.8 Å². The lowest BCUT2D eigenvalue weighted by molar-refractivity contribution is 0.301. The van der Waals surface area contributed by atoms with Gasteiger partial charge in [0.25, 0.3) is 0 Å². The molecular weight excluding hydrogens is 260 g/mol. The highest BCUT2D eigenvalue weighted by Gasteiger charge is 2.38. The fourth-order valence-electron chi connectivity index (χ4n) is 2.50. The van der Waals surface area contributed by atoms with Crippen molar-refractivity contribution in [2.45, 2.75) is 18.4 Å². The molecule has 0 unspecified atom stereocenters. The predicted octanol–water partition coefficient (Wildman–Crippen LogP) is 3.64. The molecule has 0 aromatic heterocycles. The Morgan fingerprint density at radius 1 is 1.10 bits per heavy atom. The Morgan fingerprint density at radius 2 is 1.71 bits per heavy atom. The molecule has 2 aromatic rings. The summed E-state index contributed by atoms with van der Waals surface area (Å²) in [6, 6.07) is 22.0. The zero-order valence-corrected chi connectivity index (χ0v) is 11.9. The monoisotopic (exact) mass is 276 g/mol. The van der Waals surface area contributed by atoms with Crippen molar-refractivity contribution in [3.63, 3.8) is 0 Å². The zero-order chi connectivity index (χ0) is 14.7. The molecule has 21 heavy (non-hydrogen) atoms. The molecule has 2 atom stereocenters. The Hall–Kier alpha value is -2.60. The van der Waals surface area contributed by atoms with E-state index in [-0.39, 0.29) is 6.04 Å². The van der Waals surface area contributed by atoms with Crippen LogP contribution in [0.2, 0.25) is 0 Å². The van der Waals surface area contributed by atoms with E-state index < -0.39 is 5.41 Å². The lowest BCUT2D eigenvalue weighted by Crippen LogP contribution is -2.31. The van der Waals surface area contributed by atoms with Crippen molar-refractivity contribution >= 4 is 5.90 Å². The standard InChI is InChI=1S/C18H16N2O/c1-18(13-19,15-10-6-3-7-11-15)17-20-16(12-21-17)14-8-4-2-5-9-14/h2-11,16H,12H2,1H3/t16-,18-/m0/s1. The molecule has 0 fully saturated rings. The molecule has 0 saturated carbocycles. The average Bonchev–Trinajstić information content (AvgIpc) is 3.06. The third-order valence-corrected chi connectivity index (χ3v) is 3.84. The lowest BCUT2D eigenvalue weighted by Gasteiger charge is -2.20. The predicted molar refractivity (Wildman–Crippen MR) is 82.0 cm³/mol. The van der Waals surface area contributed by atoms with E-state index in [1.807, 2.05) is 67.6 Å². The largest absolute Gasteiger partial charge is 0.477 e. The fraction of sp³-hybridized carbons (Fsp3) is 0.222. The molecule has 0 aliphatic carbocycles. The van der Waals surface area contributed by atoms with Gasteiger partial charge in [-0.05, 0) is 18.1 Å². The van der Waals surface area contributed by atoms with Crippen LogP contribution in [0, 0.1) is 11.3 Å². The van der Waals surface area contributed by atoms with Gasteiger partial charge < -0.3 is 4.74 Å². The number of nitrogens with zero attached hydrogens (tertiary/aromatic N) is 2. The van der Waals surface area contributed by atoms with E-state index >= 15 is 0 Å². The number of nitriles is 1. The molecule has 0 saturated heterocycles. The molecule has 1 aliphatic heterocycles. The van der Waals surface area contributed by atoms with Crippen molar-refractivity contribution in [1.29, 1.82) is 5.26 Å². The van der Waals surface area contributed by atoms with Crippen molar-refractivity contribution in [3.8, 4) is 6.07 Å². The van der Waals surface area contributed by atoms with Gasteiger partial charge in [-0.2, -0.15) is 5.26 Å². The van der Waals surface area contributed by atoms with Crippen molar-refractivity contribution in [2.75, 3.05) is 6.61 Å². The first-order chi connectivity index (χ1) is 10.2. The number of hydrogen-bond donors (Lipinski definition) is 0. The van der Waals surface area contributed by atoms with Gasteiger partial charge in [0.1, 0.15) is 12.6 Å². The van der Waals surface area contributed by atoms with Crippen LogP contribution in [0.1, 0.15) is 24.1 Å². The van der Waals surface area contributed by atoms with Gasteiger partial charge in [-0.1, -0.05) is 60.7 Å². The van der Waals surface area contributed by atoms with E-state index in [1.54, 1.807) is 0 Å². The first-order valence-electron chi connectivity index (χ1n) is 6.97. The summed E-state index contributed by atoms with van der Waals surface area (Å²) in [4.78, 5) is 4.65. The zero-order valence-electron chi connectivity index (χ0n) is 11.9. The van der Waals surface area contributed by atoms with Crippen LogP contribution in [0.3, 0.4) is 0 Å². The van der Waals surface area contributed by atoms with Crippen LogP contribution in [0.4, 0.5) is 0 Å². The second-order valence-corrected chi connectivity index (χ2v) is 5.27. The Morgan fingerprint density at radius 3 is 2.33 bits per heavy atom. The lowest BCUT2D eigenvalue weighted by atomic mass is 9.84. The Bertz CT molecular complexity index is 688. The molecule has 0 bridgehead atoms. The SMILES string of the molecule is C[C@@](C#N)(C1=N[C@H](c2ccccc2)CO1)c1ccccc1. The number of hydrogen-bond acceptors (Lipinski definition) is 3. The van der Waals surface area contributed by atoms with Crippen LogP contribution in [-0.2, 0) is 10.2 Å². The van der Waals surface area contributed by atoms with Crippen LogP contribution in [0.5, 0.6) is 0 Å². The van der Waals surface area contributed by atoms with Crippen molar-refractivity contribution in [1.82, 2.24) is 0 Å². The van der Waals surface area contributed by atoms with Gasteiger partial charge in [-0.3, -0.25) is 0 Å². The van der Waals surface area contributed by atoms with Crippen molar-refractivity contribution in [2.24, 2.45) is 4.99 Å². The quantitative estimate of drug-likeness (QED) is 0.859. The molecule has 0 amide bonds. The highest BCUT2D eigenvalue weighted by Crippen LogP contribution is 2.32. The minimum Gasteiger partial charge on any atom is -0.477 e. The molecule has 1 heterocycles. The molecule has 3 nitrogen and oxygen atoms in total. The second kappa shape index (κ2) is 5.41. The molecule has 1 aliphatic rings. The second-order valence-electron chi connectivity index (χ2n) is 5.27. The van der Waals surface area contributed by atoms with Gasteiger partial charge in [-0.15, -0.1) is 0 Å². The van der Waals surface area contributed by atoms with E-state index in [0.717, 1.165) is 11.1 Å². The van der Waals surface area contributed by atoms with Crippen LogP contribution in [-0.4, -0.2) is 12.5 Å². The van der Waals surface area contributed by atoms with E-state index in [4.69, 9.17) is 4.74 Å². The number of ether oxygens (including phenoxy) is 1. The molecule has 3 rings (SSSR count). The van der Waals surface area contributed by atoms with Crippen LogP contribution >= 0.6 is 0 Å². The number of rotatable bonds is 3. The van der Waals surface area contributed by atoms with Crippen molar-refractivity contribution < 1.29 is 4.74 Å². The molecule has 104 valence electrons.